The summed E-state index contributed by atoms with van der Waals surface area (Å²) in [7, 11) is 0. The number of nitrogens with one attached hydrogen (secondary N) is 1. The Morgan fingerprint density at radius 1 is 1.40 bits per heavy atom. The standard InChI is InChI=1S/C13H12N4O2S/c1-2-3-8-14-16-13-15-12(9-20-13)10-4-6-11(7-5-10)17(18)19/h2-9H,1H3,(H,15,16)/b3-2+,14-8+. The number of aromatic nitrogens is 1. The van der Waals surface area contributed by atoms with Gasteiger partial charge in [-0.15, -0.1) is 11.3 Å². The van der Waals surface area contributed by atoms with Crippen LogP contribution in [0.2, 0.25) is 0 Å². The van der Waals surface area contributed by atoms with Crippen LogP contribution >= 0.6 is 11.3 Å². The third-order valence-corrected chi connectivity index (χ3v) is 3.14. The molecule has 6 nitrogen and oxygen atoms in total. The Balaban J connectivity index is 2.10. The minimum Gasteiger partial charge on any atom is -0.258 e. The zero-order chi connectivity index (χ0) is 14.4. The number of nitro benzene ring substituents is 1. The van der Waals surface area contributed by atoms with Gasteiger partial charge in [-0.25, -0.2) is 4.98 Å². The number of hydrogen-bond donors (Lipinski definition) is 1. The Labute approximate surface area is 119 Å². The third-order valence-electron chi connectivity index (χ3n) is 2.39. The first-order valence-corrected chi connectivity index (χ1v) is 6.69. The van der Waals surface area contributed by atoms with Gasteiger partial charge in [-0.05, 0) is 25.1 Å². The van der Waals surface area contributed by atoms with Crippen LogP contribution in [-0.2, 0) is 0 Å². The molecular weight excluding hydrogens is 276 g/mol. The summed E-state index contributed by atoms with van der Waals surface area (Å²) >= 11 is 1.42. The van der Waals surface area contributed by atoms with E-state index < -0.39 is 4.92 Å². The largest absolute Gasteiger partial charge is 0.269 e. The first-order chi connectivity index (χ1) is 9.70. The Bertz CT molecular complexity index is 647. The predicted octanol–water partition coefficient (Wildman–Crippen LogP) is 3.69. The lowest BCUT2D eigenvalue weighted by molar-refractivity contribution is -0.384. The number of hydrazone groups is 1. The fraction of sp³-hybridized carbons (Fsp3) is 0.0769. The van der Waals surface area contributed by atoms with Gasteiger partial charge in [0.2, 0.25) is 5.13 Å². The molecule has 1 N–H and O–H groups in total. The van der Waals surface area contributed by atoms with Gasteiger partial charge in [-0.1, -0.05) is 6.08 Å². The molecule has 0 saturated heterocycles. The quantitative estimate of drug-likeness (QED) is 0.517. The molecule has 1 aromatic carbocycles. The van der Waals surface area contributed by atoms with Crippen molar-refractivity contribution in [2.75, 3.05) is 5.43 Å². The summed E-state index contributed by atoms with van der Waals surface area (Å²) in [5, 5.41) is 17.1. The minimum absolute atomic E-state index is 0.0679. The van der Waals surface area contributed by atoms with Crippen LogP contribution in [0.5, 0.6) is 0 Å². The van der Waals surface area contributed by atoms with Gasteiger partial charge in [-0.3, -0.25) is 15.5 Å². The van der Waals surface area contributed by atoms with Crippen LogP contribution in [0.15, 0.2) is 46.9 Å². The topological polar surface area (TPSA) is 80.4 Å². The molecule has 20 heavy (non-hydrogen) atoms. The van der Waals surface area contributed by atoms with Crippen molar-refractivity contribution in [3.8, 4) is 11.3 Å². The highest BCUT2D eigenvalue weighted by molar-refractivity contribution is 7.14. The van der Waals surface area contributed by atoms with Crippen LogP contribution in [0, 0.1) is 10.1 Å². The molecule has 0 unspecified atom stereocenters. The van der Waals surface area contributed by atoms with E-state index in [1.807, 2.05) is 18.4 Å². The van der Waals surface area contributed by atoms with Gasteiger partial charge in [0.25, 0.3) is 5.69 Å². The summed E-state index contributed by atoms with van der Waals surface area (Å²) in [6.07, 6.45) is 5.31. The monoisotopic (exact) mass is 288 g/mol. The first-order valence-electron chi connectivity index (χ1n) is 5.81. The molecule has 1 heterocycles. The molecule has 102 valence electrons. The van der Waals surface area contributed by atoms with E-state index in [1.54, 1.807) is 24.4 Å². The van der Waals surface area contributed by atoms with E-state index in [9.17, 15) is 10.1 Å². The predicted molar refractivity (Wildman–Crippen MR) is 81.1 cm³/mol. The zero-order valence-corrected chi connectivity index (χ0v) is 11.5. The maximum atomic E-state index is 10.6. The molecule has 0 bridgehead atoms. The average molecular weight is 288 g/mol. The summed E-state index contributed by atoms with van der Waals surface area (Å²) in [4.78, 5) is 14.5. The van der Waals surface area contributed by atoms with Crippen LogP contribution in [-0.4, -0.2) is 16.1 Å². The molecule has 0 aliphatic heterocycles. The van der Waals surface area contributed by atoms with Crippen molar-refractivity contribution in [2.45, 2.75) is 6.92 Å². The molecule has 0 saturated carbocycles. The van der Waals surface area contributed by atoms with Crippen molar-refractivity contribution >= 4 is 28.4 Å². The summed E-state index contributed by atoms with van der Waals surface area (Å²) in [5.41, 5.74) is 4.47. The molecule has 0 atom stereocenters. The molecule has 0 aliphatic rings. The normalized spacial score (nSPS) is 11.2. The molecule has 2 aromatic rings. The Kier molecular flexibility index (Phi) is 4.56. The Morgan fingerprint density at radius 2 is 2.15 bits per heavy atom. The number of nitrogens with zero attached hydrogens (tertiary/aromatic N) is 3. The van der Waals surface area contributed by atoms with E-state index in [2.05, 4.69) is 15.5 Å². The number of non-ortho nitro benzene ring substituents is 1. The Hall–Kier alpha value is -2.54. The van der Waals surface area contributed by atoms with E-state index in [1.165, 1.54) is 23.5 Å². The van der Waals surface area contributed by atoms with E-state index in [-0.39, 0.29) is 5.69 Å². The van der Waals surface area contributed by atoms with Crippen LogP contribution in [0.25, 0.3) is 11.3 Å². The molecule has 0 spiro atoms. The van der Waals surface area contributed by atoms with Gasteiger partial charge in [0, 0.05) is 29.3 Å². The molecule has 7 heteroatoms. The van der Waals surface area contributed by atoms with E-state index >= 15 is 0 Å². The average Bonchev–Trinajstić information content (AvgIpc) is 2.92. The molecule has 0 aliphatic carbocycles. The fourth-order valence-electron chi connectivity index (χ4n) is 1.43. The second kappa shape index (κ2) is 6.58. The number of benzene rings is 1. The highest BCUT2D eigenvalue weighted by atomic mass is 32.1. The molecular formula is C13H12N4O2S. The number of allylic oxidation sites excluding steroid dienone is 2. The maximum absolute atomic E-state index is 10.6. The summed E-state index contributed by atoms with van der Waals surface area (Å²) in [6.45, 7) is 1.90. The molecule has 0 amide bonds. The first kappa shape index (κ1) is 13.9. The van der Waals surface area contributed by atoms with Crippen molar-refractivity contribution in [2.24, 2.45) is 5.10 Å². The highest BCUT2D eigenvalue weighted by Crippen LogP contribution is 2.26. The van der Waals surface area contributed by atoms with Gasteiger partial charge in [0.15, 0.2) is 0 Å². The fourth-order valence-corrected chi connectivity index (χ4v) is 2.10. The van der Waals surface area contributed by atoms with Gasteiger partial charge in [-0.2, -0.15) is 5.10 Å². The van der Waals surface area contributed by atoms with Crippen LogP contribution in [0.4, 0.5) is 10.8 Å². The number of thiazole rings is 1. The zero-order valence-electron chi connectivity index (χ0n) is 10.7. The van der Waals surface area contributed by atoms with E-state index in [0.717, 1.165) is 11.3 Å². The van der Waals surface area contributed by atoms with Gasteiger partial charge in [0.05, 0.1) is 10.6 Å². The van der Waals surface area contributed by atoms with E-state index in [4.69, 9.17) is 0 Å². The van der Waals surface area contributed by atoms with E-state index in [0.29, 0.717) is 5.13 Å². The van der Waals surface area contributed by atoms with Crippen molar-refractivity contribution in [3.63, 3.8) is 0 Å². The number of hydrogen-bond acceptors (Lipinski definition) is 6. The number of rotatable bonds is 5. The maximum Gasteiger partial charge on any atom is 0.269 e. The molecule has 2 rings (SSSR count). The highest BCUT2D eigenvalue weighted by Gasteiger charge is 2.07. The van der Waals surface area contributed by atoms with Crippen molar-refractivity contribution in [1.29, 1.82) is 0 Å². The van der Waals surface area contributed by atoms with Crippen molar-refractivity contribution < 1.29 is 4.92 Å². The smallest absolute Gasteiger partial charge is 0.258 e. The van der Waals surface area contributed by atoms with Crippen LogP contribution in [0.3, 0.4) is 0 Å². The second-order valence-corrected chi connectivity index (χ2v) is 4.62. The van der Waals surface area contributed by atoms with Crippen LogP contribution < -0.4 is 5.43 Å². The minimum atomic E-state index is -0.423. The van der Waals surface area contributed by atoms with Crippen molar-refractivity contribution in [1.82, 2.24) is 4.98 Å². The SMILES string of the molecule is C/C=C/C=N/Nc1nc(-c2ccc([N+](=O)[O-])cc2)cs1. The Morgan fingerprint density at radius 3 is 2.80 bits per heavy atom. The number of anilines is 1. The second-order valence-electron chi connectivity index (χ2n) is 3.76. The molecule has 0 fully saturated rings. The third kappa shape index (κ3) is 3.48. The van der Waals surface area contributed by atoms with Gasteiger partial charge >= 0.3 is 0 Å². The summed E-state index contributed by atoms with van der Waals surface area (Å²) < 4.78 is 0. The molecule has 1 aromatic heterocycles. The van der Waals surface area contributed by atoms with Crippen LogP contribution in [0.1, 0.15) is 6.92 Å². The lowest BCUT2D eigenvalue weighted by Gasteiger charge is -1.96. The lowest BCUT2D eigenvalue weighted by atomic mass is 10.1. The van der Waals surface area contributed by atoms with Gasteiger partial charge < -0.3 is 0 Å². The summed E-state index contributed by atoms with van der Waals surface area (Å²) in [5.74, 6) is 0. The number of nitro groups is 1. The summed E-state index contributed by atoms with van der Waals surface area (Å²) in [6, 6.07) is 6.29. The molecule has 0 radical (unpaired) electrons. The van der Waals surface area contributed by atoms with Crippen molar-refractivity contribution in [3.05, 3.63) is 51.9 Å². The van der Waals surface area contributed by atoms with Gasteiger partial charge in [0.1, 0.15) is 0 Å². The lowest BCUT2D eigenvalue weighted by Crippen LogP contribution is -1.88.